The van der Waals surface area contributed by atoms with Crippen LogP contribution in [-0.2, 0) is 6.54 Å². The molecule has 0 amide bonds. The number of nitrogens with zero attached hydrogens (tertiary/aromatic N) is 4. The highest BCUT2D eigenvalue weighted by Crippen LogP contribution is 2.27. The van der Waals surface area contributed by atoms with Crippen molar-refractivity contribution < 1.29 is 0 Å². The molecule has 0 atom stereocenters. The number of hydrogen-bond acceptors (Lipinski definition) is 5. The Labute approximate surface area is 110 Å². The van der Waals surface area contributed by atoms with Crippen molar-refractivity contribution in [3.8, 4) is 0 Å². The molecular weight excluding hydrogens is 240 g/mol. The average molecular weight is 254 g/mol. The van der Waals surface area contributed by atoms with E-state index < -0.39 is 0 Å². The van der Waals surface area contributed by atoms with Crippen molar-refractivity contribution in [3.05, 3.63) is 42.9 Å². The molecule has 0 unspecified atom stereocenters. The zero-order valence-electron chi connectivity index (χ0n) is 10.3. The Morgan fingerprint density at radius 2 is 2.16 bits per heavy atom. The van der Waals surface area contributed by atoms with Gasteiger partial charge in [-0.15, -0.1) is 5.10 Å². The summed E-state index contributed by atoms with van der Waals surface area (Å²) in [6.45, 7) is 1.48. The van der Waals surface area contributed by atoms with Crippen molar-refractivity contribution in [2.45, 2.75) is 6.54 Å². The average Bonchev–Trinajstić information content (AvgIpc) is 2.95. The zero-order chi connectivity index (χ0) is 13.1. The van der Waals surface area contributed by atoms with Crippen molar-refractivity contribution in [2.75, 3.05) is 17.6 Å². The maximum Gasteiger partial charge on any atom is 0.0724 e. The lowest BCUT2D eigenvalue weighted by Crippen LogP contribution is -2.12. The Hall–Kier alpha value is -2.63. The quantitative estimate of drug-likeness (QED) is 0.690. The van der Waals surface area contributed by atoms with E-state index in [0.717, 1.165) is 35.4 Å². The molecule has 3 N–H and O–H groups in total. The lowest BCUT2D eigenvalue weighted by molar-refractivity contribution is 0.609. The first-order valence-corrected chi connectivity index (χ1v) is 6.06. The smallest absolute Gasteiger partial charge is 0.0724 e. The Morgan fingerprint density at radius 1 is 1.21 bits per heavy atom. The van der Waals surface area contributed by atoms with Crippen molar-refractivity contribution in [1.82, 2.24) is 20.0 Å². The van der Waals surface area contributed by atoms with Crippen LogP contribution < -0.4 is 11.1 Å². The number of aromatic nitrogens is 4. The minimum atomic E-state index is 0.726. The zero-order valence-corrected chi connectivity index (χ0v) is 10.3. The van der Waals surface area contributed by atoms with Crippen LogP contribution in [0.3, 0.4) is 0 Å². The number of hydrogen-bond donors (Lipinski definition) is 2. The number of nitrogens with two attached hydrogens (primary N) is 1. The standard InChI is InChI=1S/C13H14N6/c14-13-10-2-1-5-15-11(10)3-4-12(13)16-6-8-19-9-7-17-18-19/h1-5,7,9,16H,6,8,14H2. The Morgan fingerprint density at radius 3 is 3.00 bits per heavy atom. The second kappa shape index (κ2) is 4.93. The second-order valence-electron chi connectivity index (χ2n) is 4.19. The minimum Gasteiger partial charge on any atom is -0.397 e. The molecule has 0 spiro atoms. The summed E-state index contributed by atoms with van der Waals surface area (Å²) < 4.78 is 1.77. The maximum absolute atomic E-state index is 6.14. The van der Waals surface area contributed by atoms with Crippen molar-refractivity contribution in [1.29, 1.82) is 0 Å². The van der Waals surface area contributed by atoms with Crippen LogP contribution in [0.2, 0.25) is 0 Å². The van der Waals surface area contributed by atoms with E-state index in [-0.39, 0.29) is 0 Å². The molecule has 96 valence electrons. The van der Waals surface area contributed by atoms with Gasteiger partial charge in [0, 0.05) is 24.3 Å². The molecule has 3 rings (SSSR count). The molecule has 0 saturated heterocycles. The lowest BCUT2D eigenvalue weighted by Gasteiger charge is -2.11. The number of pyridine rings is 1. The van der Waals surface area contributed by atoms with Crippen LogP contribution in [0.25, 0.3) is 10.9 Å². The lowest BCUT2D eigenvalue weighted by atomic mass is 10.1. The SMILES string of the molecule is Nc1c(NCCn2ccnn2)ccc2ncccc12. The van der Waals surface area contributed by atoms with Crippen LogP contribution >= 0.6 is 0 Å². The largest absolute Gasteiger partial charge is 0.397 e. The van der Waals surface area contributed by atoms with Crippen LogP contribution in [0.15, 0.2) is 42.9 Å². The van der Waals surface area contributed by atoms with Crippen LogP contribution in [0.5, 0.6) is 0 Å². The molecule has 6 nitrogen and oxygen atoms in total. The summed E-state index contributed by atoms with van der Waals surface area (Å²) in [7, 11) is 0. The third kappa shape index (κ3) is 2.33. The fourth-order valence-corrected chi connectivity index (χ4v) is 1.99. The van der Waals surface area contributed by atoms with Gasteiger partial charge in [-0.1, -0.05) is 5.21 Å². The highest BCUT2D eigenvalue weighted by molar-refractivity contribution is 5.96. The maximum atomic E-state index is 6.14. The molecule has 6 heteroatoms. The Bertz CT molecular complexity index is 677. The van der Waals surface area contributed by atoms with Crippen molar-refractivity contribution in [3.63, 3.8) is 0 Å². The van der Waals surface area contributed by atoms with Crippen LogP contribution in [0, 0.1) is 0 Å². The van der Waals surface area contributed by atoms with Crippen molar-refractivity contribution >= 4 is 22.3 Å². The van der Waals surface area contributed by atoms with Gasteiger partial charge >= 0.3 is 0 Å². The molecule has 0 aliphatic heterocycles. The van der Waals surface area contributed by atoms with Gasteiger partial charge < -0.3 is 11.1 Å². The molecule has 0 radical (unpaired) electrons. The van der Waals surface area contributed by atoms with E-state index >= 15 is 0 Å². The summed E-state index contributed by atoms with van der Waals surface area (Å²) in [6, 6.07) is 7.77. The molecule has 0 saturated carbocycles. The normalized spacial score (nSPS) is 10.7. The summed E-state index contributed by atoms with van der Waals surface area (Å²) >= 11 is 0. The minimum absolute atomic E-state index is 0.726. The van der Waals surface area contributed by atoms with Gasteiger partial charge in [0.2, 0.25) is 0 Å². The molecule has 0 aliphatic carbocycles. The predicted octanol–water partition coefficient (Wildman–Crippen LogP) is 1.52. The summed E-state index contributed by atoms with van der Waals surface area (Å²) in [5, 5.41) is 11.9. The van der Waals surface area contributed by atoms with Crippen LogP contribution in [0.4, 0.5) is 11.4 Å². The molecule has 2 aromatic heterocycles. The third-order valence-corrected chi connectivity index (χ3v) is 2.96. The topological polar surface area (TPSA) is 81.6 Å². The van der Waals surface area contributed by atoms with Crippen LogP contribution in [0.1, 0.15) is 0 Å². The molecule has 0 aliphatic rings. The Kier molecular flexibility index (Phi) is 2.97. The van der Waals surface area contributed by atoms with Gasteiger partial charge in [-0.3, -0.25) is 9.67 Å². The van der Waals surface area contributed by atoms with E-state index in [1.807, 2.05) is 30.5 Å². The van der Waals surface area contributed by atoms with Gasteiger partial charge in [0.1, 0.15) is 0 Å². The number of nitrogens with one attached hydrogen (secondary N) is 1. The summed E-state index contributed by atoms with van der Waals surface area (Å²) in [5.41, 5.74) is 8.69. The predicted molar refractivity (Wildman–Crippen MR) is 74.7 cm³/mol. The summed E-state index contributed by atoms with van der Waals surface area (Å²) in [4.78, 5) is 4.27. The van der Waals surface area contributed by atoms with Gasteiger partial charge in [0.05, 0.1) is 29.6 Å². The molecule has 3 aromatic rings. The van der Waals surface area contributed by atoms with Crippen molar-refractivity contribution in [2.24, 2.45) is 0 Å². The fraction of sp³-hybridized carbons (Fsp3) is 0.154. The number of nitrogen functional groups attached to an aromatic ring is 1. The highest BCUT2D eigenvalue weighted by atomic mass is 15.4. The summed E-state index contributed by atoms with van der Waals surface area (Å²) in [6.07, 6.45) is 5.25. The van der Waals surface area contributed by atoms with E-state index in [1.54, 1.807) is 17.1 Å². The molecule has 2 heterocycles. The van der Waals surface area contributed by atoms with E-state index in [4.69, 9.17) is 5.73 Å². The number of fused-ring (bicyclic) bond motifs is 1. The molecular formula is C13H14N6. The second-order valence-corrected chi connectivity index (χ2v) is 4.19. The fourth-order valence-electron chi connectivity index (χ4n) is 1.99. The van der Waals surface area contributed by atoms with Gasteiger partial charge in [0.25, 0.3) is 0 Å². The van der Waals surface area contributed by atoms with E-state index in [0.29, 0.717) is 0 Å². The first-order valence-electron chi connectivity index (χ1n) is 6.06. The highest BCUT2D eigenvalue weighted by Gasteiger charge is 2.04. The third-order valence-electron chi connectivity index (χ3n) is 2.96. The first-order chi connectivity index (χ1) is 9.34. The van der Waals surface area contributed by atoms with Gasteiger partial charge in [-0.2, -0.15) is 0 Å². The first kappa shape index (κ1) is 11.5. The van der Waals surface area contributed by atoms with E-state index in [2.05, 4.69) is 20.6 Å². The van der Waals surface area contributed by atoms with Crippen LogP contribution in [-0.4, -0.2) is 26.5 Å². The van der Waals surface area contributed by atoms with Gasteiger partial charge in [0.15, 0.2) is 0 Å². The van der Waals surface area contributed by atoms with E-state index in [1.165, 1.54) is 0 Å². The number of anilines is 2. The van der Waals surface area contributed by atoms with Gasteiger partial charge in [-0.05, 0) is 24.3 Å². The Balaban J connectivity index is 1.76. The molecule has 19 heavy (non-hydrogen) atoms. The monoisotopic (exact) mass is 254 g/mol. The molecule has 0 bridgehead atoms. The number of rotatable bonds is 4. The number of benzene rings is 1. The van der Waals surface area contributed by atoms with E-state index in [9.17, 15) is 0 Å². The molecule has 1 aromatic carbocycles. The molecule has 0 fully saturated rings. The summed E-state index contributed by atoms with van der Waals surface area (Å²) in [5.74, 6) is 0. The van der Waals surface area contributed by atoms with Gasteiger partial charge in [-0.25, -0.2) is 0 Å².